The molecule has 0 amide bonds. The fourth-order valence-electron chi connectivity index (χ4n) is 1.22. The molecule has 0 spiro atoms. The van der Waals surface area contributed by atoms with Gasteiger partial charge in [-0.05, 0) is 25.4 Å². The molecule has 88 valence electrons. The number of anilines is 1. The van der Waals surface area contributed by atoms with Crippen molar-refractivity contribution in [2.45, 2.75) is 32.5 Å². The molecule has 1 atom stereocenters. The van der Waals surface area contributed by atoms with Crippen molar-refractivity contribution in [2.75, 3.05) is 5.32 Å². The molecule has 1 N–H and O–H groups in total. The molecule has 1 aromatic rings. The van der Waals surface area contributed by atoms with Gasteiger partial charge >= 0.3 is 6.18 Å². The number of hydrogen-bond donors (Lipinski definition) is 1. The van der Waals surface area contributed by atoms with E-state index in [1.807, 2.05) is 6.07 Å². The van der Waals surface area contributed by atoms with Gasteiger partial charge in [-0.1, -0.05) is 0 Å². The maximum atomic E-state index is 12.1. The van der Waals surface area contributed by atoms with Crippen molar-refractivity contribution in [3.63, 3.8) is 0 Å². The highest BCUT2D eigenvalue weighted by atomic mass is 32.1. The molecule has 1 rings (SSSR count). The van der Waals surface area contributed by atoms with E-state index < -0.39 is 18.6 Å². The number of halogens is 3. The van der Waals surface area contributed by atoms with E-state index in [1.165, 1.54) is 6.92 Å². The van der Waals surface area contributed by atoms with E-state index in [0.717, 1.165) is 11.5 Å². The summed E-state index contributed by atoms with van der Waals surface area (Å²) in [6.45, 7) is 3.07. The topological polar surface area (TPSA) is 48.7 Å². The van der Waals surface area contributed by atoms with Crippen molar-refractivity contribution in [1.82, 2.24) is 4.37 Å². The third-order valence-electron chi connectivity index (χ3n) is 1.89. The van der Waals surface area contributed by atoms with Crippen LogP contribution in [0.5, 0.6) is 0 Å². The fraction of sp³-hybridized carbons (Fsp3) is 0.556. The maximum Gasteiger partial charge on any atom is 0.391 e. The average Bonchev–Trinajstić information content (AvgIpc) is 2.43. The van der Waals surface area contributed by atoms with E-state index in [1.54, 1.807) is 6.92 Å². The predicted molar refractivity (Wildman–Crippen MR) is 55.3 cm³/mol. The Kier molecular flexibility index (Phi) is 3.75. The third-order valence-corrected chi connectivity index (χ3v) is 2.76. The number of hydrogen-bond acceptors (Lipinski definition) is 4. The number of nitriles is 1. The number of aromatic nitrogens is 1. The van der Waals surface area contributed by atoms with Crippen molar-refractivity contribution < 1.29 is 13.2 Å². The largest absolute Gasteiger partial charge is 0.391 e. The molecule has 3 nitrogen and oxygen atoms in total. The van der Waals surface area contributed by atoms with E-state index in [-0.39, 0.29) is 0 Å². The van der Waals surface area contributed by atoms with Crippen LogP contribution in [-0.2, 0) is 0 Å². The van der Waals surface area contributed by atoms with Crippen LogP contribution in [0.1, 0.15) is 24.6 Å². The lowest BCUT2D eigenvalue weighted by atomic mass is 10.2. The molecule has 16 heavy (non-hydrogen) atoms. The zero-order chi connectivity index (χ0) is 12.3. The van der Waals surface area contributed by atoms with Gasteiger partial charge in [0.2, 0.25) is 0 Å². The van der Waals surface area contributed by atoms with Gasteiger partial charge in [-0.15, -0.1) is 0 Å². The summed E-state index contributed by atoms with van der Waals surface area (Å²) in [5.74, 6) is 0. The molecule has 0 aromatic carbocycles. The lowest BCUT2D eigenvalue weighted by molar-refractivity contribution is -0.136. The van der Waals surface area contributed by atoms with Gasteiger partial charge in [0.25, 0.3) is 0 Å². The molecule has 1 unspecified atom stereocenters. The number of nitrogens with one attached hydrogen (secondary N) is 1. The van der Waals surface area contributed by atoms with Gasteiger partial charge in [-0.3, -0.25) is 0 Å². The van der Waals surface area contributed by atoms with Crippen molar-refractivity contribution in [2.24, 2.45) is 0 Å². The molecule has 0 bridgehead atoms. The summed E-state index contributed by atoms with van der Waals surface area (Å²) in [6, 6.07) is 1.14. The summed E-state index contributed by atoms with van der Waals surface area (Å²) in [4.78, 5) is 0. The van der Waals surface area contributed by atoms with Crippen LogP contribution in [0.2, 0.25) is 0 Å². The van der Waals surface area contributed by atoms with Crippen LogP contribution in [0.25, 0.3) is 0 Å². The first-order chi connectivity index (χ1) is 7.33. The van der Waals surface area contributed by atoms with Crippen LogP contribution < -0.4 is 5.32 Å². The minimum absolute atomic E-state index is 0.319. The Hall–Kier alpha value is -1.29. The molecule has 1 heterocycles. The first-order valence-electron chi connectivity index (χ1n) is 4.53. The van der Waals surface area contributed by atoms with Crippen LogP contribution in [-0.4, -0.2) is 16.6 Å². The molecule has 0 aliphatic rings. The van der Waals surface area contributed by atoms with Crippen LogP contribution >= 0.6 is 11.5 Å². The lowest BCUT2D eigenvalue weighted by Gasteiger charge is -2.15. The zero-order valence-corrected chi connectivity index (χ0v) is 9.54. The van der Waals surface area contributed by atoms with Gasteiger partial charge in [-0.2, -0.15) is 22.8 Å². The molecule has 0 saturated heterocycles. The second kappa shape index (κ2) is 4.70. The summed E-state index contributed by atoms with van der Waals surface area (Å²) in [7, 11) is 0. The fourth-order valence-corrected chi connectivity index (χ4v) is 2.08. The Bertz CT molecular complexity index is 405. The lowest BCUT2D eigenvalue weighted by Crippen LogP contribution is -2.23. The standard InChI is InChI=1S/C9H10F3N3S/c1-5(3-9(10,11)12)14-8-7(4-13)6(2)15-16-8/h5,14H,3H2,1-2H3. The van der Waals surface area contributed by atoms with Crippen molar-refractivity contribution in [3.05, 3.63) is 11.3 Å². The van der Waals surface area contributed by atoms with Gasteiger partial charge in [0.05, 0.1) is 12.1 Å². The number of aryl methyl sites for hydroxylation is 1. The highest BCUT2D eigenvalue weighted by Crippen LogP contribution is 2.27. The minimum Gasteiger partial charge on any atom is -0.372 e. The van der Waals surface area contributed by atoms with E-state index >= 15 is 0 Å². The molecule has 0 saturated carbocycles. The van der Waals surface area contributed by atoms with Crippen LogP contribution in [0, 0.1) is 18.3 Å². The average molecular weight is 249 g/mol. The van der Waals surface area contributed by atoms with Gasteiger partial charge in [0.15, 0.2) is 0 Å². The Morgan fingerprint density at radius 2 is 2.19 bits per heavy atom. The molecular formula is C9H10F3N3S. The van der Waals surface area contributed by atoms with Gasteiger partial charge in [0.1, 0.15) is 16.6 Å². The smallest absolute Gasteiger partial charge is 0.372 e. The number of rotatable bonds is 3. The van der Waals surface area contributed by atoms with E-state index in [9.17, 15) is 13.2 Å². The number of nitrogens with zero attached hydrogens (tertiary/aromatic N) is 2. The first-order valence-corrected chi connectivity index (χ1v) is 5.30. The van der Waals surface area contributed by atoms with E-state index in [2.05, 4.69) is 9.69 Å². The third kappa shape index (κ3) is 3.38. The summed E-state index contributed by atoms with van der Waals surface area (Å²) in [5.41, 5.74) is 0.855. The molecular weight excluding hydrogens is 239 g/mol. The highest BCUT2D eigenvalue weighted by Gasteiger charge is 2.30. The first kappa shape index (κ1) is 12.8. The van der Waals surface area contributed by atoms with Crippen molar-refractivity contribution in [1.29, 1.82) is 5.26 Å². The summed E-state index contributed by atoms with van der Waals surface area (Å²) < 4.78 is 40.1. The Morgan fingerprint density at radius 3 is 2.69 bits per heavy atom. The maximum absolute atomic E-state index is 12.1. The highest BCUT2D eigenvalue weighted by molar-refractivity contribution is 7.10. The van der Waals surface area contributed by atoms with Gasteiger partial charge in [-0.25, -0.2) is 0 Å². The van der Waals surface area contributed by atoms with Gasteiger partial charge < -0.3 is 5.32 Å². The Morgan fingerprint density at radius 1 is 1.56 bits per heavy atom. The predicted octanol–water partition coefficient (Wildman–Crippen LogP) is 3.08. The van der Waals surface area contributed by atoms with Crippen LogP contribution in [0.15, 0.2) is 0 Å². The second-order valence-electron chi connectivity index (χ2n) is 3.45. The Balaban J connectivity index is 2.71. The summed E-state index contributed by atoms with van der Waals surface area (Å²) >= 11 is 1.00. The van der Waals surface area contributed by atoms with Crippen LogP contribution in [0.3, 0.4) is 0 Å². The van der Waals surface area contributed by atoms with Crippen molar-refractivity contribution in [3.8, 4) is 6.07 Å². The van der Waals surface area contributed by atoms with E-state index in [4.69, 9.17) is 5.26 Å². The monoisotopic (exact) mass is 249 g/mol. The molecule has 0 aliphatic heterocycles. The number of alkyl halides is 3. The molecule has 7 heteroatoms. The second-order valence-corrected chi connectivity index (χ2v) is 4.22. The quantitative estimate of drug-likeness (QED) is 0.895. The SMILES string of the molecule is Cc1nsc(NC(C)CC(F)(F)F)c1C#N. The molecule has 1 aromatic heterocycles. The Labute approximate surface area is 95.1 Å². The van der Waals surface area contributed by atoms with Crippen molar-refractivity contribution >= 4 is 16.5 Å². The molecule has 0 radical (unpaired) electrons. The van der Waals surface area contributed by atoms with Crippen LogP contribution in [0.4, 0.5) is 18.2 Å². The zero-order valence-electron chi connectivity index (χ0n) is 8.72. The summed E-state index contributed by atoms with van der Waals surface area (Å²) in [6.07, 6.45) is -5.15. The van der Waals surface area contributed by atoms with E-state index in [0.29, 0.717) is 16.3 Å². The molecule has 0 fully saturated rings. The summed E-state index contributed by atoms with van der Waals surface area (Å²) in [5, 5.41) is 11.8. The normalized spacial score (nSPS) is 13.2. The minimum atomic E-state index is -4.21. The van der Waals surface area contributed by atoms with Gasteiger partial charge in [0, 0.05) is 6.04 Å². The molecule has 0 aliphatic carbocycles.